The van der Waals surface area contributed by atoms with Gasteiger partial charge in [-0.05, 0) is 60.2 Å². The van der Waals surface area contributed by atoms with Crippen LogP contribution in [0.1, 0.15) is 189 Å². The van der Waals surface area contributed by atoms with Crippen LogP contribution < -0.4 is 4.50 Å². The molecule has 250 valence electrons. The molecule has 0 unspecified atom stereocenters. The molecule has 0 radical (unpaired) electrons. The Labute approximate surface area is 283 Å². The summed E-state index contributed by atoms with van der Waals surface area (Å²) in [5.74, 6) is 0. The Balaban J connectivity index is 1.66. The zero-order valence-electron chi connectivity index (χ0n) is 30.4. The molecule has 0 nitrogen and oxygen atoms in total. The van der Waals surface area contributed by atoms with Crippen molar-refractivity contribution in [3.8, 4) is 9.75 Å². The van der Waals surface area contributed by atoms with Gasteiger partial charge >= 0.3 is 0 Å². The number of allylic oxidation sites excluding steroid dienone is 1. The van der Waals surface area contributed by atoms with Crippen molar-refractivity contribution in [2.24, 2.45) is 0 Å². The van der Waals surface area contributed by atoms with Crippen LogP contribution in [0.5, 0.6) is 0 Å². The molecule has 0 aromatic carbocycles. The van der Waals surface area contributed by atoms with Crippen LogP contribution in [0, 0.1) is 6.92 Å². The lowest BCUT2D eigenvalue weighted by Gasteiger charge is -2.19. The molecule has 3 heteroatoms. The van der Waals surface area contributed by atoms with Crippen molar-refractivity contribution in [2.45, 2.75) is 201 Å². The zero-order chi connectivity index (χ0) is 31.8. The molecule has 3 rings (SSSR count). The molecule has 0 N–H and O–H groups in total. The average molecular weight is 655 g/mol. The fraction of sp³-hybridized carbons (Fsp3) is 0.756. The lowest BCUT2D eigenvalue weighted by atomic mass is 9.93. The number of unbranched alkanes of at least 4 members (excludes halogenated alkanes) is 19. The molecule has 0 fully saturated rings. The maximum atomic E-state index is 2.65. The lowest BCUT2D eigenvalue weighted by molar-refractivity contribution is 0.556. The van der Waals surface area contributed by atoms with E-state index in [1.54, 1.807) is 47.0 Å². The Morgan fingerprint density at radius 2 is 0.909 bits per heavy atom. The van der Waals surface area contributed by atoms with Gasteiger partial charge in [0.2, 0.25) is 0 Å². The predicted molar refractivity (Wildman–Crippen MR) is 208 cm³/mol. The fourth-order valence-electron chi connectivity index (χ4n) is 7.28. The van der Waals surface area contributed by atoms with Gasteiger partial charge in [-0.3, -0.25) is 0 Å². The summed E-state index contributed by atoms with van der Waals surface area (Å²) in [5, 5.41) is 0. The van der Waals surface area contributed by atoms with E-state index >= 15 is 0 Å². The molecule has 2 heterocycles. The van der Waals surface area contributed by atoms with E-state index in [0.29, 0.717) is 0 Å². The van der Waals surface area contributed by atoms with Gasteiger partial charge in [-0.25, -0.2) is 0 Å². The molecule has 0 amide bonds. The van der Waals surface area contributed by atoms with Crippen LogP contribution in [-0.4, -0.2) is 8.07 Å². The van der Waals surface area contributed by atoms with Crippen molar-refractivity contribution in [3.63, 3.8) is 0 Å². The van der Waals surface area contributed by atoms with Gasteiger partial charge in [-0.15, -0.1) is 22.7 Å². The van der Waals surface area contributed by atoms with E-state index < -0.39 is 8.07 Å². The van der Waals surface area contributed by atoms with Gasteiger partial charge in [0, 0.05) is 16.0 Å². The highest BCUT2D eigenvalue weighted by atomic mass is 32.1. The van der Waals surface area contributed by atoms with Gasteiger partial charge in [-0.2, -0.15) is 0 Å². The molecule has 1 aliphatic rings. The molecular formula is C41H70S2Si. The fourth-order valence-corrected chi connectivity index (χ4v) is 12.4. The Bertz CT molecular complexity index is 1110. The van der Waals surface area contributed by atoms with Gasteiger partial charge in [-0.1, -0.05) is 168 Å². The minimum Gasteiger partial charge on any atom is -0.143 e. The van der Waals surface area contributed by atoms with Crippen LogP contribution in [-0.2, 0) is 12.8 Å². The van der Waals surface area contributed by atoms with E-state index in [-0.39, 0.29) is 0 Å². The SMILES string of the molecule is CCC/C=C1\c2c(sc(C)c2CCCCCCCCCCCC)-c2sc([Si](C)(C)C)c(CCCCCCCCCCCC)c21. The standard InChI is InChI=1S/C41H70S2Si/c1-8-11-14-16-18-20-22-24-26-28-31-34-33(4)42-39-37(34)35(30-13-10-3)38-36(41(43-40(38)39)44(5,6)7)32-29-27-25-23-21-19-17-15-12-9-2/h30H,8-29,31-32H2,1-7H3/b35-30+. The molecule has 0 saturated heterocycles. The van der Waals surface area contributed by atoms with Crippen molar-refractivity contribution < 1.29 is 0 Å². The van der Waals surface area contributed by atoms with Crippen LogP contribution in [0.25, 0.3) is 15.3 Å². The molecule has 0 atom stereocenters. The summed E-state index contributed by atoms with van der Waals surface area (Å²) in [6, 6.07) is 0. The first-order valence-electron chi connectivity index (χ1n) is 19.3. The second-order valence-corrected chi connectivity index (χ2v) is 22.6. The van der Waals surface area contributed by atoms with Gasteiger partial charge in [0.15, 0.2) is 0 Å². The maximum absolute atomic E-state index is 2.65. The van der Waals surface area contributed by atoms with Gasteiger partial charge in [0.1, 0.15) is 0 Å². The first-order valence-corrected chi connectivity index (χ1v) is 24.5. The molecular weight excluding hydrogens is 585 g/mol. The molecule has 2 aromatic rings. The van der Waals surface area contributed by atoms with Crippen LogP contribution in [0.15, 0.2) is 6.08 Å². The molecule has 0 bridgehead atoms. The van der Waals surface area contributed by atoms with Crippen LogP contribution in [0.3, 0.4) is 0 Å². The Kier molecular flexibility index (Phi) is 17.7. The van der Waals surface area contributed by atoms with Crippen molar-refractivity contribution in [2.75, 3.05) is 0 Å². The average Bonchev–Trinajstić information content (AvgIpc) is 3.62. The second kappa shape index (κ2) is 20.6. The highest BCUT2D eigenvalue weighted by molar-refractivity contribution is 7.31. The third-order valence-electron chi connectivity index (χ3n) is 9.84. The van der Waals surface area contributed by atoms with Crippen LogP contribution in [0.4, 0.5) is 0 Å². The Hall–Kier alpha value is -0.643. The summed E-state index contributed by atoms with van der Waals surface area (Å²) in [4.78, 5) is 4.89. The minimum absolute atomic E-state index is 1.20. The number of aryl methyl sites for hydroxylation is 1. The summed E-state index contributed by atoms with van der Waals surface area (Å²) in [7, 11) is -1.41. The van der Waals surface area contributed by atoms with Crippen LogP contribution in [0.2, 0.25) is 19.6 Å². The number of thiophene rings is 2. The molecule has 0 spiro atoms. The highest BCUT2D eigenvalue weighted by Crippen LogP contribution is 2.55. The van der Waals surface area contributed by atoms with E-state index in [1.165, 1.54) is 154 Å². The number of hydrogen-bond donors (Lipinski definition) is 0. The van der Waals surface area contributed by atoms with Gasteiger partial charge < -0.3 is 0 Å². The Morgan fingerprint density at radius 1 is 0.500 bits per heavy atom. The van der Waals surface area contributed by atoms with E-state index in [4.69, 9.17) is 0 Å². The van der Waals surface area contributed by atoms with E-state index in [1.807, 2.05) is 0 Å². The van der Waals surface area contributed by atoms with E-state index in [2.05, 4.69) is 76.1 Å². The van der Waals surface area contributed by atoms with Gasteiger partial charge in [0.25, 0.3) is 0 Å². The second-order valence-electron chi connectivity index (χ2n) is 15.0. The normalized spacial score (nSPS) is 13.8. The molecule has 44 heavy (non-hydrogen) atoms. The van der Waals surface area contributed by atoms with Crippen molar-refractivity contribution >= 4 is 40.8 Å². The molecule has 1 aliphatic carbocycles. The van der Waals surface area contributed by atoms with E-state index in [0.717, 1.165) is 0 Å². The number of fused-ring (bicyclic) bond motifs is 3. The van der Waals surface area contributed by atoms with Crippen molar-refractivity contribution in [1.29, 1.82) is 0 Å². The summed E-state index contributed by atoms with van der Waals surface area (Å²) < 4.78 is 1.80. The Morgan fingerprint density at radius 3 is 1.36 bits per heavy atom. The number of rotatable bonds is 25. The smallest absolute Gasteiger partial charge is 0.0908 e. The quantitative estimate of drug-likeness (QED) is 0.0630. The lowest BCUT2D eigenvalue weighted by Crippen LogP contribution is -2.37. The highest BCUT2D eigenvalue weighted by Gasteiger charge is 2.37. The van der Waals surface area contributed by atoms with Crippen LogP contribution >= 0.6 is 22.7 Å². The largest absolute Gasteiger partial charge is 0.143 e. The number of hydrogen-bond acceptors (Lipinski definition) is 2. The third kappa shape index (κ3) is 11.3. The van der Waals surface area contributed by atoms with E-state index in [9.17, 15) is 0 Å². The maximum Gasteiger partial charge on any atom is 0.0908 e. The summed E-state index contributed by atoms with van der Waals surface area (Å²) >= 11 is 4.34. The summed E-state index contributed by atoms with van der Waals surface area (Å²) in [5.41, 5.74) is 8.49. The third-order valence-corrected chi connectivity index (χ3v) is 16.0. The topological polar surface area (TPSA) is 0 Å². The first kappa shape index (κ1) is 37.8. The summed E-state index contributed by atoms with van der Waals surface area (Å²) in [6.45, 7) is 17.2. The minimum atomic E-state index is -1.41. The zero-order valence-corrected chi connectivity index (χ0v) is 33.0. The van der Waals surface area contributed by atoms with Crippen molar-refractivity contribution in [3.05, 3.63) is 33.2 Å². The monoisotopic (exact) mass is 654 g/mol. The first-order chi connectivity index (χ1) is 21.3. The molecule has 2 aromatic heterocycles. The molecule has 0 saturated carbocycles. The predicted octanol–water partition coefficient (Wildman–Crippen LogP) is 14.8. The van der Waals surface area contributed by atoms with Gasteiger partial charge in [0.05, 0.1) is 17.8 Å². The van der Waals surface area contributed by atoms with Crippen molar-refractivity contribution in [1.82, 2.24) is 0 Å². The molecule has 0 aliphatic heterocycles. The summed E-state index contributed by atoms with van der Waals surface area (Å²) in [6.07, 6.45) is 36.1.